The third-order valence-electron chi connectivity index (χ3n) is 2.43. The molecule has 0 bridgehead atoms. The van der Waals surface area contributed by atoms with E-state index in [0.29, 0.717) is 23.6 Å². The maximum absolute atomic E-state index is 11.8. The average Bonchev–Trinajstić information content (AvgIpc) is 2.33. The van der Waals surface area contributed by atoms with Gasteiger partial charge in [-0.25, -0.2) is 4.79 Å². The Kier molecular flexibility index (Phi) is 5.45. The van der Waals surface area contributed by atoms with E-state index < -0.39 is 0 Å². The van der Waals surface area contributed by atoms with Crippen molar-refractivity contribution in [3.05, 3.63) is 23.8 Å². The molecule has 18 heavy (non-hydrogen) atoms. The highest BCUT2D eigenvalue weighted by molar-refractivity contribution is 5.93. The van der Waals surface area contributed by atoms with Gasteiger partial charge in [0.1, 0.15) is 11.3 Å². The molecule has 5 nitrogen and oxygen atoms in total. The number of nitrogen functional groups attached to an aromatic ring is 1. The van der Waals surface area contributed by atoms with Crippen LogP contribution in [0.4, 0.5) is 5.69 Å². The summed E-state index contributed by atoms with van der Waals surface area (Å²) in [5.74, 6) is 0.0539. The standard InChI is InChI=1S/C13H20N2O3/c1-15(2)7-4-8-18-13(16)11-6-5-10(14)9-12(11)17-3/h5-6,9H,4,7-8,14H2,1-3H3. The van der Waals surface area contributed by atoms with Crippen LogP contribution in [0.25, 0.3) is 0 Å². The normalized spacial score (nSPS) is 10.4. The molecular formula is C13H20N2O3. The molecule has 0 atom stereocenters. The van der Waals surface area contributed by atoms with Gasteiger partial charge in [0.15, 0.2) is 0 Å². The third-order valence-corrected chi connectivity index (χ3v) is 2.43. The van der Waals surface area contributed by atoms with E-state index in [0.717, 1.165) is 13.0 Å². The van der Waals surface area contributed by atoms with Crippen LogP contribution < -0.4 is 10.5 Å². The van der Waals surface area contributed by atoms with Crippen molar-refractivity contribution in [3.8, 4) is 5.75 Å². The second-order valence-electron chi connectivity index (χ2n) is 4.25. The van der Waals surface area contributed by atoms with Gasteiger partial charge in [-0.2, -0.15) is 0 Å². The predicted molar refractivity (Wildman–Crippen MR) is 70.9 cm³/mol. The van der Waals surface area contributed by atoms with Crippen molar-refractivity contribution < 1.29 is 14.3 Å². The first-order valence-electron chi connectivity index (χ1n) is 5.80. The van der Waals surface area contributed by atoms with E-state index in [1.165, 1.54) is 7.11 Å². The molecule has 0 aliphatic heterocycles. The number of carbonyl (C=O) groups is 1. The maximum Gasteiger partial charge on any atom is 0.341 e. The summed E-state index contributed by atoms with van der Waals surface area (Å²) in [6.07, 6.45) is 0.802. The zero-order chi connectivity index (χ0) is 13.5. The zero-order valence-electron chi connectivity index (χ0n) is 11.1. The van der Waals surface area contributed by atoms with Crippen LogP contribution in [0.2, 0.25) is 0 Å². The lowest BCUT2D eigenvalue weighted by atomic mass is 10.2. The number of benzene rings is 1. The van der Waals surface area contributed by atoms with Gasteiger partial charge in [-0.05, 0) is 32.6 Å². The fraction of sp³-hybridized carbons (Fsp3) is 0.462. The van der Waals surface area contributed by atoms with Gasteiger partial charge in [0.25, 0.3) is 0 Å². The number of carbonyl (C=O) groups excluding carboxylic acids is 1. The Morgan fingerprint density at radius 1 is 1.39 bits per heavy atom. The number of hydrogen-bond donors (Lipinski definition) is 1. The molecule has 1 aromatic rings. The highest BCUT2D eigenvalue weighted by Crippen LogP contribution is 2.22. The van der Waals surface area contributed by atoms with E-state index >= 15 is 0 Å². The molecule has 0 unspecified atom stereocenters. The van der Waals surface area contributed by atoms with Crippen LogP contribution >= 0.6 is 0 Å². The van der Waals surface area contributed by atoms with Crippen LogP contribution in [0, 0.1) is 0 Å². The predicted octanol–water partition coefficient (Wildman–Crippen LogP) is 1.39. The molecule has 5 heteroatoms. The van der Waals surface area contributed by atoms with Crippen LogP contribution in [0.5, 0.6) is 5.75 Å². The summed E-state index contributed by atoms with van der Waals surface area (Å²) >= 11 is 0. The van der Waals surface area contributed by atoms with Gasteiger partial charge in [-0.3, -0.25) is 0 Å². The number of rotatable bonds is 6. The highest BCUT2D eigenvalue weighted by atomic mass is 16.5. The zero-order valence-corrected chi connectivity index (χ0v) is 11.1. The van der Waals surface area contributed by atoms with Gasteiger partial charge >= 0.3 is 5.97 Å². The number of hydrogen-bond acceptors (Lipinski definition) is 5. The molecule has 0 spiro atoms. The van der Waals surface area contributed by atoms with Crippen LogP contribution in [0.3, 0.4) is 0 Å². The summed E-state index contributed by atoms with van der Waals surface area (Å²) in [6, 6.07) is 4.87. The van der Waals surface area contributed by atoms with Crippen molar-refractivity contribution in [1.29, 1.82) is 0 Å². The Balaban J connectivity index is 2.56. The monoisotopic (exact) mass is 252 g/mol. The highest BCUT2D eigenvalue weighted by Gasteiger charge is 2.13. The van der Waals surface area contributed by atoms with Crippen molar-refractivity contribution >= 4 is 11.7 Å². The van der Waals surface area contributed by atoms with Gasteiger partial charge in [0.05, 0.1) is 13.7 Å². The third kappa shape index (κ3) is 4.25. The minimum Gasteiger partial charge on any atom is -0.496 e. The van der Waals surface area contributed by atoms with Crippen molar-refractivity contribution in [3.63, 3.8) is 0 Å². The second kappa shape index (κ2) is 6.86. The van der Waals surface area contributed by atoms with Crippen molar-refractivity contribution in [2.45, 2.75) is 6.42 Å². The fourth-order valence-corrected chi connectivity index (χ4v) is 1.50. The first-order valence-corrected chi connectivity index (χ1v) is 5.80. The lowest BCUT2D eigenvalue weighted by molar-refractivity contribution is 0.0489. The van der Waals surface area contributed by atoms with E-state index in [4.69, 9.17) is 15.2 Å². The smallest absolute Gasteiger partial charge is 0.341 e. The van der Waals surface area contributed by atoms with Gasteiger partial charge in [0, 0.05) is 18.3 Å². The van der Waals surface area contributed by atoms with E-state index in [1.54, 1.807) is 18.2 Å². The number of nitrogens with zero attached hydrogens (tertiary/aromatic N) is 1. The summed E-state index contributed by atoms with van der Waals surface area (Å²) in [6.45, 7) is 1.27. The number of esters is 1. The fourth-order valence-electron chi connectivity index (χ4n) is 1.50. The molecule has 2 N–H and O–H groups in total. The molecule has 0 aromatic heterocycles. The molecular weight excluding hydrogens is 232 g/mol. The Labute approximate surface area is 107 Å². The Hall–Kier alpha value is -1.75. The SMILES string of the molecule is COc1cc(N)ccc1C(=O)OCCCN(C)C. The molecule has 0 aliphatic carbocycles. The minimum atomic E-state index is -0.384. The van der Waals surface area contributed by atoms with Gasteiger partial charge < -0.3 is 20.1 Å². The molecule has 1 aromatic carbocycles. The Morgan fingerprint density at radius 2 is 2.11 bits per heavy atom. The summed E-state index contributed by atoms with van der Waals surface area (Å²) < 4.78 is 10.3. The van der Waals surface area contributed by atoms with Crippen molar-refractivity contribution in [1.82, 2.24) is 4.90 Å². The average molecular weight is 252 g/mol. The van der Waals surface area contributed by atoms with E-state index in [9.17, 15) is 4.79 Å². The molecule has 100 valence electrons. The van der Waals surface area contributed by atoms with E-state index in [-0.39, 0.29) is 5.97 Å². The molecule has 0 aliphatic rings. The lowest BCUT2D eigenvalue weighted by Crippen LogP contribution is -2.16. The molecule has 0 heterocycles. The molecule has 0 saturated heterocycles. The van der Waals surface area contributed by atoms with Crippen LogP contribution in [0.15, 0.2) is 18.2 Å². The quantitative estimate of drug-likeness (QED) is 0.471. The largest absolute Gasteiger partial charge is 0.496 e. The van der Waals surface area contributed by atoms with Crippen molar-refractivity contribution in [2.24, 2.45) is 0 Å². The second-order valence-corrected chi connectivity index (χ2v) is 4.25. The summed E-state index contributed by atoms with van der Waals surface area (Å²) in [4.78, 5) is 13.9. The summed E-state index contributed by atoms with van der Waals surface area (Å²) in [7, 11) is 5.45. The summed E-state index contributed by atoms with van der Waals surface area (Å²) in [5, 5.41) is 0. The summed E-state index contributed by atoms with van der Waals surface area (Å²) in [5.41, 5.74) is 6.57. The van der Waals surface area contributed by atoms with Gasteiger partial charge in [-0.1, -0.05) is 0 Å². The number of ether oxygens (including phenoxy) is 2. The molecule has 0 fully saturated rings. The van der Waals surface area contributed by atoms with Gasteiger partial charge in [0.2, 0.25) is 0 Å². The van der Waals surface area contributed by atoms with E-state index in [1.807, 2.05) is 19.0 Å². The topological polar surface area (TPSA) is 64.8 Å². The molecule has 0 radical (unpaired) electrons. The molecule has 0 amide bonds. The number of anilines is 1. The first-order chi connectivity index (χ1) is 8.54. The van der Waals surface area contributed by atoms with Crippen molar-refractivity contribution in [2.75, 3.05) is 40.1 Å². The maximum atomic E-state index is 11.8. The van der Waals surface area contributed by atoms with Crippen LogP contribution in [-0.2, 0) is 4.74 Å². The first kappa shape index (κ1) is 14.3. The Bertz CT molecular complexity index is 405. The van der Waals surface area contributed by atoms with Gasteiger partial charge in [-0.15, -0.1) is 0 Å². The molecule has 1 rings (SSSR count). The van der Waals surface area contributed by atoms with E-state index in [2.05, 4.69) is 0 Å². The van der Waals surface area contributed by atoms with Crippen LogP contribution in [0.1, 0.15) is 16.8 Å². The van der Waals surface area contributed by atoms with Crippen LogP contribution in [-0.4, -0.2) is 45.2 Å². The number of methoxy groups -OCH3 is 1. The molecule has 0 saturated carbocycles. The number of nitrogens with two attached hydrogens (primary N) is 1. The minimum absolute atomic E-state index is 0.384. The Morgan fingerprint density at radius 3 is 2.72 bits per heavy atom. The lowest BCUT2D eigenvalue weighted by Gasteiger charge is -2.11.